The highest BCUT2D eigenvalue weighted by Gasteiger charge is 2.33. The van der Waals surface area contributed by atoms with Crippen molar-refractivity contribution in [1.82, 2.24) is 15.2 Å². The van der Waals surface area contributed by atoms with Crippen molar-refractivity contribution in [1.29, 1.82) is 0 Å². The third-order valence-corrected chi connectivity index (χ3v) is 4.26. The van der Waals surface area contributed by atoms with Crippen LogP contribution >= 0.6 is 0 Å². The lowest BCUT2D eigenvalue weighted by Crippen LogP contribution is -2.27. The van der Waals surface area contributed by atoms with Gasteiger partial charge in [0, 0.05) is 23.8 Å². The number of likely N-dealkylation sites (tertiary alicyclic amines) is 1. The molecule has 0 spiro atoms. The van der Waals surface area contributed by atoms with Gasteiger partial charge in [0.15, 0.2) is 0 Å². The van der Waals surface area contributed by atoms with Crippen molar-refractivity contribution in [3.63, 3.8) is 0 Å². The molecule has 100 valence electrons. The molecule has 1 aliphatic heterocycles. The molecule has 2 aromatic rings. The molecule has 3 nitrogen and oxygen atoms in total. The number of aromatic nitrogens is 1. The van der Waals surface area contributed by atoms with Gasteiger partial charge in [0.05, 0.1) is 0 Å². The molecule has 0 amide bonds. The van der Waals surface area contributed by atoms with E-state index in [-0.39, 0.29) is 0 Å². The highest BCUT2D eigenvalue weighted by Crippen LogP contribution is 2.38. The predicted octanol–water partition coefficient (Wildman–Crippen LogP) is 2.45. The van der Waals surface area contributed by atoms with E-state index in [4.69, 9.17) is 0 Å². The molecule has 3 heteroatoms. The number of rotatable bonds is 3. The van der Waals surface area contributed by atoms with E-state index in [1.54, 1.807) is 0 Å². The lowest BCUT2D eigenvalue weighted by atomic mass is 9.91. The van der Waals surface area contributed by atoms with Crippen LogP contribution in [0.4, 0.5) is 0 Å². The molecule has 1 aromatic carbocycles. The Bertz CT molecular complexity index is 559. The maximum absolute atomic E-state index is 4.44. The summed E-state index contributed by atoms with van der Waals surface area (Å²) in [6.45, 7) is 2.23. The zero-order chi connectivity index (χ0) is 13.2. The summed E-state index contributed by atoms with van der Waals surface area (Å²) in [7, 11) is 4.26. The van der Waals surface area contributed by atoms with Crippen LogP contribution < -0.4 is 5.32 Å². The summed E-state index contributed by atoms with van der Waals surface area (Å²) in [4.78, 5) is 6.90. The van der Waals surface area contributed by atoms with Crippen LogP contribution in [0.2, 0.25) is 0 Å². The van der Waals surface area contributed by atoms with Crippen LogP contribution in [0.5, 0.6) is 0 Å². The van der Waals surface area contributed by atoms with E-state index in [9.17, 15) is 0 Å². The smallest absolute Gasteiger partial charge is 0.0407 e. The largest absolute Gasteiger partial charge is 0.319 e. The summed E-state index contributed by atoms with van der Waals surface area (Å²) in [5.41, 5.74) is 1.37. The van der Waals surface area contributed by atoms with Crippen molar-refractivity contribution in [2.45, 2.75) is 12.5 Å². The van der Waals surface area contributed by atoms with Gasteiger partial charge in [-0.25, -0.2) is 0 Å². The van der Waals surface area contributed by atoms with Crippen molar-refractivity contribution in [3.05, 3.63) is 42.2 Å². The molecular formula is C16H21N3. The third-order valence-electron chi connectivity index (χ3n) is 4.26. The zero-order valence-corrected chi connectivity index (χ0v) is 11.6. The van der Waals surface area contributed by atoms with Gasteiger partial charge in [0.1, 0.15) is 0 Å². The fourth-order valence-electron chi connectivity index (χ4n) is 3.37. The van der Waals surface area contributed by atoms with Crippen LogP contribution in [0.15, 0.2) is 36.7 Å². The van der Waals surface area contributed by atoms with Crippen molar-refractivity contribution in [3.8, 4) is 0 Å². The zero-order valence-electron chi connectivity index (χ0n) is 11.6. The third kappa shape index (κ3) is 2.24. The standard InChI is InChI=1S/C16H21N3/c1-17-9-13-7-8-19(2)16(13)15-11-18-10-12-5-3-4-6-14(12)15/h3-6,10-11,13,16-17H,7-9H2,1-2H3. The van der Waals surface area contributed by atoms with Crippen molar-refractivity contribution in [2.75, 3.05) is 27.2 Å². The molecular weight excluding hydrogens is 234 g/mol. The van der Waals surface area contributed by atoms with Crippen molar-refractivity contribution in [2.24, 2.45) is 5.92 Å². The van der Waals surface area contributed by atoms with Crippen LogP contribution in [0.3, 0.4) is 0 Å². The molecule has 3 rings (SSSR count). The van der Waals surface area contributed by atoms with Gasteiger partial charge in [0.25, 0.3) is 0 Å². The molecule has 19 heavy (non-hydrogen) atoms. The monoisotopic (exact) mass is 255 g/mol. The number of benzene rings is 1. The van der Waals surface area contributed by atoms with Gasteiger partial charge in [-0.05, 0) is 50.5 Å². The summed E-state index contributed by atoms with van der Waals surface area (Å²) < 4.78 is 0. The Labute approximate surface area is 114 Å². The topological polar surface area (TPSA) is 28.2 Å². The van der Waals surface area contributed by atoms with Gasteiger partial charge < -0.3 is 5.32 Å². The molecule has 1 N–H and O–H groups in total. The first-order chi connectivity index (χ1) is 9.31. The molecule has 0 bridgehead atoms. The van der Waals surface area contributed by atoms with Crippen LogP contribution in [-0.2, 0) is 0 Å². The van der Waals surface area contributed by atoms with E-state index in [1.165, 1.54) is 29.3 Å². The Kier molecular flexibility index (Phi) is 3.49. The summed E-state index contributed by atoms with van der Waals surface area (Å²) in [6.07, 6.45) is 5.27. The van der Waals surface area contributed by atoms with Crippen LogP contribution in [0.25, 0.3) is 10.8 Å². The summed E-state index contributed by atoms with van der Waals surface area (Å²) in [6, 6.07) is 9.04. The molecule has 1 aliphatic rings. The lowest BCUT2D eigenvalue weighted by molar-refractivity contribution is 0.275. The normalized spacial score (nSPS) is 24.1. The molecule has 2 atom stereocenters. The number of pyridine rings is 1. The van der Waals surface area contributed by atoms with Gasteiger partial charge in [-0.15, -0.1) is 0 Å². The second kappa shape index (κ2) is 5.27. The highest BCUT2D eigenvalue weighted by atomic mass is 15.2. The Morgan fingerprint density at radius 3 is 3.00 bits per heavy atom. The number of hydrogen-bond donors (Lipinski definition) is 1. The van der Waals surface area contributed by atoms with E-state index >= 15 is 0 Å². The molecule has 0 saturated carbocycles. The second-order valence-electron chi connectivity index (χ2n) is 5.48. The first-order valence-corrected chi connectivity index (χ1v) is 6.98. The van der Waals surface area contributed by atoms with Crippen LogP contribution in [-0.4, -0.2) is 37.1 Å². The summed E-state index contributed by atoms with van der Waals surface area (Å²) >= 11 is 0. The summed E-state index contributed by atoms with van der Waals surface area (Å²) in [5.74, 6) is 0.669. The van der Waals surface area contributed by atoms with Gasteiger partial charge >= 0.3 is 0 Å². The van der Waals surface area contributed by atoms with Gasteiger partial charge in [-0.1, -0.05) is 24.3 Å². The van der Waals surface area contributed by atoms with E-state index in [1.807, 2.05) is 13.2 Å². The predicted molar refractivity (Wildman–Crippen MR) is 79.1 cm³/mol. The van der Waals surface area contributed by atoms with E-state index in [0.717, 1.165) is 6.54 Å². The lowest BCUT2D eigenvalue weighted by Gasteiger charge is -2.26. The second-order valence-corrected chi connectivity index (χ2v) is 5.48. The van der Waals surface area contributed by atoms with Gasteiger partial charge in [-0.2, -0.15) is 0 Å². The molecule has 1 fully saturated rings. The quantitative estimate of drug-likeness (QED) is 0.913. The maximum Gasteiger partial charge on any atom is 0.0407 e. The molecule has 1 aromatic heterocycles. The molecule has 1 saturated heterocycles. The number of fused-ring (bicyclic) bond motifs is 1. The van der Waals surface area contributed by atoms with Crippen molar-refractivity contribution >= 4 is 10.8 Å². The Balaban J connectivity index is 2.07. The average Bonchev–Trinajstić information content (AvgIpc) is 2.80. The fourth-order valence-corrected chi connectivity index (χ4v) is 3.37. The van der Waals surface area contributed by atoms with Crippen LogP contribution in [0, 0.1) is 5.92 Å². The minimum Gasteiger partial charge on any atom is -0.319 e. The first kappa shape index (κ1) is 12.6. The molecule has 2 heterocycles. The summed E-state index contributed by atoms with van der Waals surface area (Å²) in [5, 5.41) is 5.92. The Hall–Kier alpha value is -1.45. The highest BCUT2D eigenvalue weighted by molar-refractivity contribution is 5.85. The van der Waals surface area contributed by atoms with E-state index in [0.29, 0.717) is 12.0 Å². The Morgan fingerprint density at radius 2 is 2.16 bits per heavy atom. The van der Waals surface area contributed by atoms with E-state index < -0.39 is 0 Å². The minimum atomic E-state index is 0.478. The Morgan fingerprint density at radius 1 is 1.32 bits per heavy atom. The number of hydrogen-bond acceptors (Lipinski definition) is 3. The van der Waals surface area contributed by atoms with E-state index in [2.05, 4.69) is 52.7 Å². The molecule has 2 unspecified atom stereocenters. The SMILES string of the molecule is CNCC1CCN(C)C1c1cncc2ccccc12. The number of nitrogens with zero attached hydrogens (tertiary/aromatic N) is 2. The molecule has 0 aliphatic carbocycles. The van der Waals surface area contributed by atoms with Crippen molar-refractivity contribution < 1.29 is 0 Å². The van der Waals surface area contributed by atoms with Crippen LogP contribution in [0.1, 0.15) is 18.0 Å². The minimum absolute atomic E-state index is 0.478. The van der Waals surface area contributed by atoms with Gasteiger partial charge in [-0.3, -0.25) is 9.88 Å². The van der Waals surface area contributed by atoms with Gasteiger partial charge in [0.2, 0.25) is 0 Å². The number of nitrogens with one attached hydrogen (secondary N) is 1. The first-order valence-electron chi connectivity index (χ1n) is 6.98. The molecule has 0 radical (unpaired) electrons. The fraction of sp³-hybridized carbons (Fsp3) is 0.438. The average molecular weight is 255 g/mol. The maximum atomic E-state index is 4.44.